The third-order valence-corrected chi connectivity index (χ3v) is 3.30. The Morgan fingerprint density at radius 3 is 2.27 bits per heavy atom. The van der Waals surface area contributed by atoms with Gasteiger partial charge in [-0.05, 0) is 23.3 Å². The average Bonchev–Trinajstić information content (AvgIpc) is 1.97. The van der Waals surface area contributed by atoms with Gasteiger partial charge in [0.05, 0.1) is 0 Å². The Hall–Kier alpha value is 0.350. The lowest BCUT2D eigenvalue weighted by molar-refractivity contribution is 0.372. The van der Waals surface area contributed by atoms with Crippen molar-refractivity contribution in [2.45, 2.75) is 47.0 Å². The lowest BCUT2D eigenvalue weighted by Gasteiger charge is -2.23. The van der Waals surface area contributed by atoms with Crippen molar-refractivity contribution < 1.29 is 0 Å². The summed E-state index contributed by atoms with van der Waals surface area (Å²) < 4.78 is 0. The molecule has 0 aliphatic carbocycles. The first kappa shape index (κ1) is 11.4. The molecule has 0 aromatic heterocycles. The lowest BCUT2D eigenvalue weighted by atomic mass is 9.90. The molecule has 0 saturated carbocycles. The van der Waals surface area contributed by atoms with Crippen LogP contribution in [0.1, 0.15) is 47.0 Å². The van der Waals surface area contributed by atoms with Crippen LogP contribution in [0.5, 0.6) is 0 Å². The molecule has 0 fully saturated rings. The SMILES string of the molecule is CCCCC(C)(C)CSCC. The van der Waals surface area contributed by atoms with E-state index in [1.807, 2.05) is 0 Å². The second-order valence-electron chi connectivity index (χ2n) is 3.90. The minimum atomic E-state index is 0.566. The topological polar surface area (TPSA) is 0 Å². The Kier molecular flexibility index (Phi) is 6.12. The highest BCUT2D eigenvalue weighted by Gasteiger charge is 2.15. The monoisotopic (exact) mass is 174 g/mol. The fourth-order valence-corrected chi connectivity index (χ4v) is 2.01. The fraction of sp³-hybridized carbons (Fsp3) is 1.00. The molecule has 0 N–H and O–H groups in total. The predicted octanol–water partition coefficient (Wildman–Crippen LogP) is 3.96. The van der Waals surface area contributed by atoms with Crippen LogP contribution in [0, 0.1) is 5.41 Å². The maximum Gasteiger partial charge on any atom is -0.00162 e. The standard InChI is InChI=1S/C10H22S/c1-5-7-8-10(3,4)9-11-6-2/h5-9H2,1-4H3. The van der Waals surface area contributed by atoms with Gasteiger partial charge in [0, 0.05) is 0 Å². The predicted molar refractivity (Wildman–Crippen MR) is 56.3 cm³/mol. The van der Waals surface area contributed by atoms with Gasteiger partial charge in [-0.25, -0.2) is 0 Å². The summed E-state index contributed by atoms with van der Waals surface area (Å²) in [5, 5.41) is 0. The Morgan fingerprint density at radius 1 is 1.18 bits per heavy atom. The highest BCUT2D eigenvalue weighted by Crippen LogP contribution is 2.27. The summed E-state index contributed by atoms with van der Waals surface area (Å²) in [6.45, 7) is 9.26. The maximum absolute atomic E-state index is 2.38. The molecule has 1 heteroatoms. The molecule has 0 unspecified atom stereocenters. The van der Waals surface area contributed by atoms with Crippen LogP contribution in [0.3, 0.4) is 0 Å². The third-order valence-electron chi connectivity index (χ3n) is 1.90. The molecule has 0 heterocycles. The summed E-state index contributed by atoms with van der Waals surface area (Å²) >= 11 is 2.07. The van der Waals surface area contributed by atoms with Gasteiger partial charge >= 0.3 is 0 Å². The van der Waals surface area contributed by atoms with Crippen molar-refractivity contribution in [3.8, 4) is 0 Å². The molecule has 0 aliphatic rings. The zero-order chi connectivity index (χ0) is 8.74. The molecule has 0 nitrogen and oxygen atoms in total. The summed E-state index contributed by atoms with van der Waals surface area (Å²) in [4.78, 5) is 0. The minimum absolute atomic E-state index is 0.566. The largest absolute Gasteiger partial charge is 0.162 e. The van der Waals surface area contributed by atoms with Crippen LogP contribution < -0.4 is 0 Å². The van der Waals surface area contributed by atoms with E-state index < -0.39 is 0 Å². The van der Waals surface area contributed by atoms with Gasteiger partial charge in [-0.2, -0.15) is 11.8 Å². The van der Waals surface area contributed by atoms with Crippen molar-refractivity contribution in [2.24, 2.45) is 5.41 Å². The van der Waals surface area contributed by atoms with E-state index in [2.05, 4.69) is 39.5 Å². The molecule has 68 valence electrons. The number of unbranched alkanes of at least 4 members (excludes halogenated alkanes) is 1. The van der Waals surface area contributed by atoms with Crippen LogP contribution >= 0.6 is 11.8 Å². The van der Waals surface area contributed by atoms with Crippen LogP contribution in [0.2, 0.25) is 0 Å². The van der Waals surface area contributed by atoms with Gasteiger partial charge in [0.15, 0.2) is 0 Å². The van der Waals surface area contributed by atoms with Crippen LogP contribution in [0.25, 0.3) is 0 Å². The van der Waals surface area contributed by atoms with Crippen LogP contribution in [-0.2, 0) is 0 Å². The van der Waals surface area contributed by atoms with E-state index in [9.17, 15) is 0 Å². The van der Waals surface area contributed by atoms with E-state index in [1.165, 1.54) is 30.8 Å². The first-order chi connectivity index (χ1) is 5.12. The molecule has 0 amide bonds. The molecule has 0 rings (SSSR count). The molecule has 0 aliphatic heterocycles. The molecule has 0 aromatic rings. The summed E-state index contributed by atoms with van der Waals surface area (Å²) in [6.07, 6.45) is 4.11. The Bertz CT molecular complexity index is 76.9. The Labute approximate surface area is 76.1 Å². The molecule has 0 saturated heterocycles. The number of hydrogen-bond acceptors (Lipinski definition) is 1. The van der Waals surface area contributed by atoms with Gasteiger partial charge in [0.2, 0.25) is 0 Å². The third kappa shape index (κ3) is 6.74. The molecule has 0 radical (unpaired) electrons. The normalized spacial score (nSPS) is 12.0. The Balaban J connectivity index is 3.43. The van der Waals surface area contributed by atoms with Crippen LogP contribution in [0.15, 0.2) is 0 Å². The fourth-order valence-electron chi connectivity index (χ4n) is 1.11. The number of thioether (sulfide) groups is 1. The zero-order valence-corrected chi connectivity index (χ0v) is 9.26. The molecule has 0 bridgehead atoms. The van der Waals surface area contributed by atoms with Crippen molar-refractivity contribution in [3.63, 3.8) is 0 Å². The van der Waals surface area contributed by atoms with E-state index >= 15 is 0 Å². The summed E-state index contributed by atoms with van der Waals surface area (Å²) in [6, 6.07) is 0. The van der Waals surface area contributed by atoms with E-state index in [-0.39, 0.29) is 0 Å². The molecule has 11 heavy (non-hydrogen) atoms. The average molecular weight is 174 g/mol. The van der Waals surface area contributed by atoms with E-state index in [0.29, 0.717) is 5.41 Å². The number of hydrogen-bond donors (Lipinski definition) is 0. The van der Waals surface area contributed by atoms with Crippen molar-refractivity contribution in [2.75, 3.05) is 11.5 Å². The van der Waals surface area contributed by atoms with Gasteiger partial charge < -0.3 is 0 Å². The van der Waals surface area contributed by atoms with E-state index in [4.69, 9.17) is 0 Å². The second-order valence-corrected chi connectivity index (χ2v) is 5.18. The second kappa shape index (κ2) is 5.93. The van der Waals surface area contributed by atoms with Gasteiger partial charge in [0.25, 0.3) is 0 Å². The van der Waals surface area contributed by atoms with E-state index in [0.717, 1.165) is 0 Å². The molecule has 0 atom stereocenters. The smallest absolute Gasteiger partial charge is 0.00162 e. The molecular formula is C10H22S. The van der Waals surface area contributed by atoms with Gasteiger partial charge in [-0.1, -0.05) is 40.5 Å². The first-order valence-corrected chi connectivity index (χ1v) is 5.85. The van der Waals surface area contributed by atoms with Gasteiger partial charge in [0.1, 0.15) is 0 Å². The van der Waals surface area contributed by atoms with Crippen molar-refractivity contribution in [1.29, 1.82) is 0 Å². The summed E-state index contributed by atoms with van der Waals surface area (Å²) in [7, 11) is 0. The van der Waals surface area contributed by atoms with Crippen molar-refractivity contribution in [1.82, 2.24) is 0 Å². The van der Waals surface area contributed by atoms with Crippen molar-refractivity contribution in [3.05, 3.63) is 0 Å². The Morgan fingerprint density at radius 2 is 1.82 bits per heavy atom. The maximum atomic E-state index is 2.38. The lowest BCUT2D eigenvalue weighted by Crippen LogP contribution is -2.14. The van der Waals surface area contributed by atoms with Gasteiger partial charge in [-0.15, -0.1) is 0 Å². The van der Waals surface area contributed by atoms with Crippen LogP contribution in [0.4, 0.5) is 0 Å². The van der Waals surface area contributed by atoms with Crippen LogP contribution in [-0.4, -0.2) is 11.5 Å². The molecule has 0 spiro atoms. The molecular weight excluding hydrogens is 152 g/mol. The van der Waals surface area contributed by atoms with E-state index in [1.54, 1.807) is 0 Å². The first-order valence-electron chi connectivity index (χ1n) is 4.70. The highest BCUT2D eigenvalue weighted by molar-refractivity contribution is 7.99. The minimum Gasteiger partial charge on any atom is -0.162 e. The van der Waals surface area contributed by atoms with Gasteiger partial charge in [-0.3, -0.25) is 0 Å². The summed E-state index contributed by atoms with van der Waals surface area (Å²) in [5.74, 6) is 2.58. The molecule has 0 aromatic carbocycles. The van der Waals surface area contributed by atoms with Crippen molar-refractivity contribution >= 4 is 11.8 Å². The number of rotatable bonds is 6. The summed E-state index contributed by atoms with van der Waals surface area (Å²) in [5.41, 5.74) is 0.566. The zero-order valence-electron chi connectivity index (χ0n) is 8.44. The highest BCUT2D eigenvalue weighted by atomic mass is 32.2. The quantitative estimate of drug-likeness (QED) is 0.587.